The summed E-state index contributed by atoms with van der Waals surface area (Å²) in [4.78, 5) is 16.9. The average Bonchev–Trinajstić information content (AvgIpc) is 2.70. The monoisotopic (exact) mass is 397 g/mol. The maximum atomic E-state index is 14.0. The van der Waals surface area contributed by atoms with Crippen LogP contribution in [0.25, 0.3) is 0 Å². The number of nitrogen functional groups attached to an aromatic ring is 1. The van der Waals surface area contributed by atoms with E-state index in [9.17, 15) is 8.78 Å². The number of aromatic nitrogens is 3. The van der Waals surface area contributed by atoms with Crippen molar-refractivity contribution < 1.29 is 8.78 Å². The lowest BCUT2D eigenvalue weighted by molar-refractivity contribution is 0.243. The van der Waals surface area contributed by atoms with Gasteiger partial charge in [-0.3, -0.25) is 4.90 Å². The fourth-order valence-electron chi connectivity index (χ4n) is 3.28. The number of nitrogens with zero attached hydrogens (tertiary/aromatic N) is 5. The van der Waals surface area contributed by atoms with Crippen molar-refractivity contribution in [2.24, 2.45) is 0 Å². The quantitative estimate of drug-likeness (QED) is 0.685. The second-order valence-corrected chi connectivity index (χ2v) is 6.78. The molecule has 0 spiro atoms. The molecule has 0 saturated carbocycles. The van der Waals surface area contributed by atoms with Crippen molar-refractivity contribution in [3.63, 3.8) is 0 Å². The third kappa shape index (κ3) is 4.75. The first-order valence-electron chi connectivity index (χ1n) is 9.32. The van der Waals surface area contributed by atoms with Crippen molar-refractivity contribution in [1.82, 2.24) is 19.9 Å². The van der Waals surface area contributed by atoms with Gasteiger partial charge in [-0.2, -0.15) is 15.0 Å². The van der Waals surface area contributed by atoms with Gasteiger partial charge in [-0.05, 0) is 36.4 Å². The van der Waals surface area contributed by atoms with Gasteiger partial charge in [0, 0.05) is 31.9 Å². The molecule has 29 heavy (non-hydrogen) atoms. The number of benzene rings is 2. The molecule has 1 aliphatic rings. The van der Waals surface area contributed by atoms with Gasteiger partial charge in [-0.1, -0.05) is 12.1 Å². The van der Waals surface area contributed by atoms with Crippen LogP contribution in [0.3, 0.4) is 0 Å². The lowest BCUT2D eigenvalue weighted by atomic mass is 10.2. The van der Waals surface area contributed by atoms with Crippen LogP contribution in [0, 0.1) is 11.6 Å². The van der Waals surface area contributed by atoms with E-state index in [-0.39, 0.29) is 17.6 Å². The summed E-state index contributed by atoms with van der Waals surface area (Å²) in [5, 5.41) is 3.01. The molecule has 150 valence electrons. The number of hydrogen-bond donors (Lipinski definition) is 2. The zero-order valence-corrected chi connectivity index (χ0v) is 15.7. The maximum absolute atomic E-state index is 14.0. The Kier molecular flexibility index (Phi) is 5.48. The molecule has 0 amide bonds. The van der Waals surface area contributed by atoms with E-state index in [1.54, 1.807) is 24.3 Å². The first kappa shape index (κ1) is 19.0. The highest BCUT2D eigenvalue weighted by Gasteiger charge is 2.20. The smallest absolute Gasteiger partial charge is 0.232 e. The number of nitrogens with one attached hydrogen (secondary N) is 1. The number of hydrogen-bond acceptors (Lipinski definition) is 7. The van der Waals surface area contributed by atoms with Crippen molar-refractivity contribution in [3.8, 4) is 0 Å². The number of anilines is 4. The number of nitrogens with two attached hydrogens (primary N) is 1. The van der Waals surface area contributed by atoms with Gasteiger partial charge >= 0.3 is 0 Å². The van der Waals surface area contributed by atoms with E-state index in [2.05, 4.69) is 25.2 Å². The summed E-state index contributed by atoms with van der Waals surface area (Å²) >= 11 is 0. The normalized spacial score (nSPS) is 14.8. The third-order valence-corrected chi connectivity index (χ3v) is 4.73. The van der Waals surface area contributed by atoms with Crippen molar-refractivity contribution in [2.75, 3.05) is 42.1 Å². The van der Waals surface area contributed by atoms with Crippen molar-refractivity contribution in [3.05, 3.63) is 66.0 Å². The molecule has 0 bridgehead atoms. The van der Waals surface area contributed by atoms with Crippen molar-refractivity contribution in [2.45, 2.75) is 6.54 Å². The van der Waals surface area contributed by atoms with Gasteiger partial charge in [0.2, 0.25) is 11.9 Å². The zero-order valence-electron chi connectivity index (χ0n) is 15.7. The molecule has 1 fully saturated rings. The highest BCUT2D eigenvalue weighted by atomic mass is 19.1. The molecule has 2 heterocycles. The molecule has 7 nitrogen and oxygen atoms in total. The third-order valence-electron chi connectivity index (χ3n) is 4.73. The van der Waals surface area contributed by atoms with E-state index in [0.717, 1.165) is 13.1 Å². The highest BCUT2D eigenvalue weighted by Crippen LogP contribution is 2.21. The number of para-hydroxylation sites is 1. The molecule has 9 heteroatoms. The predicted molar refractivity (Wildman–Crippen MR) is 108 cm³/mol. The Morgan fingerprint density at radius 2 is 1.62 bits per heavy atom. The Labute approximate surface area is 167 Å². The minimum atomic E-state index is -0.319. The summed E-state index contributed by atoms with van der Waals surface area (Å²) < 4.78 is 27.0. The fourth-order valence-corrected chi connectivity index (χ4v) is 3.28. The van der Waals surface area contributed by atoms with Gasteiger partial charge in [0.25, 0.3) is 0 Å². The number of rotatable bonds is 5. The molecule has 1 saturated heterocycles. The summed E-state index contributed by atoms with van der Waals surface area (Å²) in [5.41, 5.74) is 7.11. The average molecular weight is 397 g/mol. The van der Waals surface area contributed by atoms with E-state index in [1.165, 1.54) is 18.2 Å². The molecular weight excluding hydrogens is 376 g/mol. The standard InChI is InChI=1S/C20H21F2N7/c21-14-5-7-15(8-6-14)24-20-26-18(25-19(23)27-20)13-28-9-11-29(12-10-28)17-4-2-1-3-16(17)22/h1-8H,9-13H2,(H3,23,24,25,26,27). The van der Waals surface area contributed by atoms with Gasteiger partial charge < -0.3 is 16.0 Å². The largest absolute Gasteiger partial charge is 0.368 e. The van der Waals surface area contributed by atoms with Gasteiger partial charge in [0.05, 0.1) is 12.2 Å². The van der Waals surface area contributed by atoms with Crippen LogP contribution in [0.2, 0.25) is 0 Å². The second kappa shape index (κ2) is 8.36. The predicted octanol–water partition coefficient (Wildman–Crippen LogP) is 2.80. The molecule has 3 N–H and O–H groups in total. The lowest BCUT2D eigenvalue weighted by Crippen LogP contribution is -2.46. The minimum Gasteiger partial charge on any atom is -0.368 e. The second-order valence-electron chi connectivity index (χ2n) is 6.78. The molecule has 0 unspecified atom stereocenters. The highest BCUT2D eigenvalue weighted by molar-refractivity contribution is 5.53. The van der Waals surface area contributed by atoms with E-state index < -0.39 is 0 Å². The molecule has 4 rings (SSSR count). The molecule has 1 aromatic heterocycles. The van der Waals surface area contributed by atoms with Gasteiger partial charge in [0.15, 0.2) is 0 Å². The number of halogens is 2. The van der Waals surface area contributed by atoms with Crippen LogP contribution >= 0.6 is 0 Å². The topological polar surface area (TPSA) is 83.2 Å². The summed E-state index contributed by atoms with van der Waals surface area (Å²) in [6.45, 7) is 3.43. The summed E-state index contributed by atoms with van der Waals surface area (Å²) in [7, 11) is 0. The van der Waals surface area contributed by atoms with Crippen LogP contribution in [0.15, 0.2) is 48.5 Å². The summed E-state index contributed by atoms with van der Waals surface area (Å²) in [5.74, 6) is 0.443. The minimum absolute atomic E-state index is 0.115. The molecular formula is C20H21F2N7. The molecule has 0 atom stereocenters. The van der Waals surface area contributed by atoms with Crippen LogP contribution in [0.1, 0.15) is 5.82 Å². The summed E-state index contributed by atoms with van der Waals surface area (Å²) in [6, 6.07) is 12.7. The fraction of sp³-hybridized carbons (Fsp3) is 0.250. The first-order valence-corrected chi connectivity index (χ1v) is 9.32. The Hall–Kier alpha value is -3.33. The van der Waals surface area contributed by atoms with E-state index >= 15 is 0 Å². The zero-order chi connectivity index (χ0) is 20.2. The number of piperazine rings is 1. The molecule has 0 radical (unpaired) electrons. The first-order chi connectivity index (χ1) is 14.1. The molecule has 1 aliphatic heterocycles. The van der Waals surface area contributed by atoms with E-state index in [0.29, 0.717) is 42.8 Å². The van der Waals surface area contributed by atoms with Crippen LogP contribution in [-0.2, 0) is 6.54 Å². The van der Waals surface area contributed by atoms with Crippen LogP contribution < -0.4 is 16.0 Å². The molecule has 0 aliphatic carbocycles. The Morgan fingerprint density at radius 1 is 0.897 bits per heavy atom. The van der Waals surface area contributed by atoms with Crippen LogP contribution in [0.5, 0.6) is 0 Å². The maximum Gasteiger partial charge on any atom is 0.232 e. The van der Waals surface area contributed by atoms with Crippen molar-refractivity contribution >= 4 is 23.3 Å². The molecule has 3 aromatic rings. The van der Waals surface area contributed by atoms with Crippen LogP contribution in [0.4, 0.5) is 32.1 Å². The SMILES string of the molecule is Nc1nc(CN2CCN(c3ccccc3F)CC2)nc(Nc2ccc(F)cc2)n1. The van der Waals surface area contributed by atoms with Gasteiger partial charge in [-0.25, -0.2) is 8.78 Å². The van der Waals surface area contributed by atoms with Crippen LogP contribution in [-0.4, -0.2) is 46.0 Å². The molecule has 2 aromatic carbocycles. The van der Waals surface area contributed by atoms with E-state index in [4.69, 9.17) is 5.73 Å². The van der Waals surface area contributed by atoms with Gasteiger partial charge in [-0.15, -0.1) is 0 Å². The Bertz CT molecular complexity index is 973. The Morgan fingerprint density at radius 3 is 2.34 bits per heavy atom. The Balaban J connectivity index is 1.39. The van der Waals surface area contributed by atoms with Crippen molar-refractivity contribution in [1.29, 1.82) is 0 Å². The lowest BCUT2D eigenvalue weighted by Gasteiger charge is -2.35. The summed E-state index contributed by atoms with van der Waals surface area (Å²) in [6.07, 6.45) is 0. The van der Waals surface area contributed by atoms with E-state index in [1.807, 2.05) is 11.0 Å². The van der Waals surface area contributed by atoms with Gasteiger partial charge in [0.1, 0.15) is 17.5 Å².